The number of nitrogens with zero attached hydrogens (tertiary/aromatic N) is 2. The average molecular weight is 628 g/mol. The Morgan fingerprint density at radius 1 is 0.531 bits per heavy atom. The molecular weight excluding hydrogens is 599 g/mol. The van der Waals surface area contributed by atoms with Crippen LogP contribution in [0.15, 0.2) is 169 Å². The number of hydrogen-bond acceptors (Lipinski definition) is 3. The molecule has 1 unspecified atom stereocenters. The van der Waals surface area contributed by atoms with Crippen molar-refractivity contribution in [2.24, 2.45) is 4.99 Å². The van der Waals surface area contributed by atoms with Gasteiger partial charge in [0, 0.05) is 21.9 Å². The van der Waals surface area contributed by atoms with E-state index in [1.807, 2.05) is 0 Å². The summed E-state index contributed by atoms with van der Waals surface area (Å²) in [5.74, 6) is 2.74. The summed E-state index contributed by atoms with van der Waals surface area (Å²) in [6.45, 7) is 0. The number of benzene rings is 7. The van der Waals surface area contributed by atoms with Crippen LogP contribution in [0.25, 0.3) is 32.9 Å². The van der Waals surface area contributed by atoms with Crippen LogP contribution < -0.4 is 10.1 Å². The summed E-state index contributed by atoms with van der Waals surface area (Å²) in [5, 5.41) is 6.28. The highest BCUT2D eigenvalue weighted by Gasteiger charge is 2.51. The summed E-state index contributed by atoms with van der Waals surface area (Å²) in [6, 6.07) is 58.5. The van der Waals surface area contributed by atoms with E-state index in [0.717, 1.165) is 50.9 Å². The normalized spacial score (nSPS) is 16.2. The zero-order valence-corrected chi connectivity index (χ0v) is 26.5. The van der Waals surface area contributed by atoms with Crippen molar-refractivity contribution in [1.82, 2.24) is 4.57 Å². The van der Waals surface area contributed by atoms with E-state index in [0.29, 0.717) is 0 Å². The molecule has 0 saturated heterocycles. The van der Waals surface area contributed by atoms with E-state index in [1.54, 1.807) is 0 Å². The number of nitrogens with one attached hydrogen (secondary N) is 1. The quantitative estimate of drug-likeness (QED) is 0.197. The first-order valence-corrected chi connectivity index (χ1v) is 16.8. The molecule has 1 spiro atoms. The lowest BCUT2D eigenvalue weighted by Crippen LogP contribution is -2.32. The summed E-state index contributed by atoms with van der Waals surface area (Å²) in [5.41, 5.74) is 12.2. The first-order valence-electron chi connectivity index (χ1n) is 16.8. The molecule has 1 N–H and O–H groups in total. The molecule has 1 aromatic heterocycles. The second kappa shape index (κ2) is 9.82. The molecule has 4 nitrogen and oxygen atoms in total. The van der Waals surface area contributed by atoms with Crippen molar-refractivity contribution in [3.05, 3.63) is 192 Å². The summed E-state index contributed by atoms with van der Waals surface area (Å²) in [4.78, 5) is 5.45. The lowest BCUT2D eigenvalue weighted by atomic mass is 9.66. The predicted molar refractivity (Wildman–Crippen MR) is 199 cm³/mol. The lowest BCUT2D eigenvalue weighted by molar-refractivity contribution is 0.436. The van der Waals surface area contributed by atoms with Gasteiger partial charge in [-0.15, -0.1) is 0 Å². The minimum absolute atomic E-state index is 0.154. The average Bonchev–Trinajstić information content (AvgIpc) is 3.64. The highest BCUT2D eigenvalue weighted by atomic mass is 16.5. The van der Waals surface area contributed by atoms with Gasteiger partial charge >= 0.3 is 0 Å². The van der Waals surface area contributed by atoms with Crippen LogP contribution in [0.2, 0.25) is 0 Å². The molecule has 3 aliphatic rings. The van der Waals surface area contributed by atoms with Crippen molar-refractivity contribution in [1.29, 1.82) is 0 Å². The van der Waals surface area contributed by atoms with Gasteiger partial charge in [0.2, 0.25) is 0 Å². The van der Waals surface area contributed by atoms with E-state index in [4.69, 9.17) is 9.73 Å². The number of ether oxygens (including phenoxy) is 1. The number of rotatable bonds is 1. The van der Waals surface area contributed by atoms with Crippen molar-refractivity contribution in [2.75, 3.05) is 5.32 Å². The molecule has 1 atom stereocenters. The molecule has 4 heteroatoms. The molecule has 0 fully saturated rings. The van der Waals surface area contributed by atoms with Gasteiger partial charge in [0.05, 0.1) is 27.8 Å². The van der Waals surface area contributed by atoms with Crippen LogP contribution in [0.4, 0.5) is 11.4 Å². The van der Waals surface area contributed by atoms with Crippen LogP contribution in [0.3, 0.4) is 0 Å². The highest BCUT2D eigenvalue weighted by Crippen LogP contribution is 2.62. The molecule has 8 aromatic rings. The second-order valence-electron chi connectivity index (χ2n) is 13.1. The molecular formula is C45H29N3O. The van der Waals surface area contributed by atoms with Crippen molar-refractivity contribution in [3.8, 4) is 22.6 Å². The zero-order chi connectivity index (χ0) is 32.1. The van der Waals surface area contributed by atoms with Crippen molar-refractivity contribution < 1.29 is 4.74 Å². The third kappa shape index (κ3) is 3.50. The Labute approximate surface area is 283 Å². The van der Waals surface area contributed by atoms with Gasteiger partial charge in [-0.25, -0.2) is 4.99 Å². The van der Waals surface area contributed by atoms with Gasteiger partial charge in [0.15, 0.2) is 0 Å². The maximum Gasteiger partial charge on any atom is 0.141 e. The van der Waals surface area contributed by atoms with Crippen LogP contribution >= 0.6 is 0 Å². The van der Waals surface area contributed by atoms with Gasteiger partial charge in [-0.1, -0.05) is 121 Å². The van der Waals surface area contributed by atoms with E-state index in [2.05, 4.69) is 174 Å². The van der Waals surface area contributed by atoms with E-state index in [9.17, 15) is 0 Å². The topological polar surface area (TPSA) is 38.5 Å². The maximum atomic E-state index is 6.61. The molecule has 2 aliphatic heterocycles. The molecule has 230 valence electrons. The van der Waals surface area contributed by atoms with Crippen LogP contribution in [0.1, 0.15) is 33.9 Å². The summed E-state index contributed by atoms with van der Waals surface area (Å²) in [7, 11) is 0. The van der Waals surface area contributed by atoms with E-state index in [-0.39, 0.29) is 6.04 Å². The molecule has 0 radical (unpaired) electrons. The SMILES string of the molecule is c1ccc(C2Nc3ccccc3N=C2n2c3ccccc3c3cc4c(cc32)C2(c3ccccc3Oc3ccccc32)c2ccccc2-4)cc1. The molecule has 49 heavy (non-hydrogen) atoms. The zero-order valence-electron chi connectivity index (χ0n) is 26.5. The number of anilines is 1. The Balaban J connectivity index is 1.29. The first-order chi connectivity index (χ1) is 24.3. The summed E-state index contributed by atoms with van der Waals surface area (Å²) in [6.07, 6.45) is 0. The number of aliphatic imine (C=N–C) groups is 1. The minimum Gasteiger partial charge on any atom is -0.457 e. The monoisotopic (exact) mass is 627 g/mol. The number of aromatic nitrogens is 1. The second-order valence-corrected chi connectivity index (χ2v) is 13.1. The fourth-order valence-corrected chi connectivity index (χ4v) is 8.72. The Kier molecular flexibility index (Phi) is 5.34. The van der Waals surface area contributed by atoms with Gasteiger partial charge in [-0.05, 0) is 70.3 Å². The van der Waals surface area contributed by atoms with Crippen molar-refractivity contribution in [2.45, 2.75) is 11.5 Å². The largest absolute Gasteiger partial charge is 0.457 e. The van der Waals surface area contributed by atoms with E-state index < -0.39 is 5.41 Å². The molecule has 11 rings (SSSR count). The van der Waals surface area contributed by atoms with Gasteiger partial charge in [0.25, 0.3) is 0 Å². The number of hydrogen-bond donors (Lipinski definition) is 1. The van der Waals surface area contributed by atoms with Crippen LogP contribution in [0, 0.1) is 0 Å². The Hall–Kier alpha value is -6.39. The minimum atomic E-state index is -0.551. The lowest BCUT2D eigenvalue weighted by Gasteiger charge is -2.39. The molecule has 1 aliphatic carbocycles. The van der Waals surface area contributed by atoms with Gasteiger partial charge in [-0.2, -0.15) is 0 Å². The van der Waals surface area contributed by atoms with Crippen LogP contribution in [0.5, 0.6) is 11.5 Å². The van der Waals surface area contributed by atoms with Crippen molar-refractivity contribution >= 4 is 39.0 Å². The molecule has 7 aromatic carbocycles. The molecule has 0 saturated carbocycles. The maximum absolute atomic E-state index is 6.61. The Morgan fingerprint density at radius 2 is 1.18 bits per heavy atom. The molecule has 0 amide bonds. The van der Waals surface area contributed by atoms with E-state index >= 15 is 0 Å². The van der Waals surface area contributed by atoms with E-state index in [1.165, 1.54) is 38.6 Å². The summed E-state index contributed by atoms with van der Waals surface area (Å²) >= 11 is 0. The first kappa shape index (κ1) is 26.7. The fourth-order valence-electron chi connectivity index (χ4n) is 8.72. The molecule has 3 heterocycles. The van der Waals surface area contributed by atoms with Gasteiger partial charge in [-0.3, -0.25) is 4.57 Å². The number of fused-ring (bicyclic) bond motifs is 13. The Bertz CT molecular complexity index is 2640. The standard InChI is InChI=1S/C45H29N3O/c1-2-14-28(15-3-1)43-44(47-38-22-10-9-21-37(38)46-43)48-39-23-11-5-17-30(39)32-26-31-29-16-4-6-18-33(29)45(36(31)27-40(32)48)34-19-7-12-24-41(34)49-42-25-13-8-20-35(42)45/h1-27,43,46H. The predicted octanol–water partition coefficient (Wildman–Crippen LogP) is 11.0. The van der Waals surface area contributed by atoms with Gasteiger partial charge in [0.1, 0.15) is 23.4 Å². The van der Waals surface area contributed by atoms with Gasteiger partial charge < -0.3 is 10.1 Å². The smallest absolute Gasteiger partial charge is 0.141 e. The highest BCUT2D eigenvalue weighted by molar-refractivity contribution is 6.18. The van der Waals surface area contributed by atoms with Crippen LogP contribution in [-0.2, 0) is 5.41 Å². The third-order valence-electron chi connectivity index (χ3n) is 10.7. The van der Waals surface area contributed by atoms with Crippen LogP contribution in [-0.4, -0.2) is 10.4 Å². The number of para-hydroxylation sites is 5. The summed E-state index contributed by atoms with van der Waals surface area (Å²) < 4.78 is 9.01. The Morgan fingerprint density at radius 3 is 2.00 bits per heavy atom. The van der Waals surface area contributed by atoms with Crippen molar-refractivity contribution in [3.63, 3.8) is 0 Å². The molecule has 0 bridgehead atoms. The third-order valence-corrected chi connectivity index (χ3v) is 10.7. The fraction of sp³-hybridized carbons (Fsp3) is 0.0444.